The van der Waals surface area contributed by atoms with E-state index in [1.807, 2.05) is 0 Å². The van der Waals surface area contributed by atoms with Crippen LogP contribution in [0.4, 0.5) is 4.79 Å². The fraction of sp³-hybridized carbons (Fsp3) is 0.200. The van der Waals surface area contributed by atoms with Crippen LogP contribution in [0.15, 0.2) is 29.2 Å². The van der Waals surface area contributed by atoms with Gasteiger partial charge in [0.1, 0.15) is 0 Å². The number of rotatable bonds is 3. The fourth-order valence-electron chi connectivity index (χ4n) is 0.969. The summed E-state index contributed by atoms with van der Waals surface area (Å²) in [5.74, 6) is -1.05. The summed E-state index contributed by atoms with van der Waals surface area (Å²) in [7, 11) is 0. The van der Waals surface area contributed by atoms with Gasteiger partial charge < -0.3 is 9.84 Å². The maximum atomic E-state index is 11.1. The number of aromatic carboxylic acids is 1. The Balaban J connectivity index is 2.84. The zero-order valence-corrected chi connectivity index (χ0v) is 8.91. The molecule has 0 aliphatic rings. The summed E-state index contributed by atoms with van der Waals surface area (Å²) in [6.07, 6.45) is 0. The highest BCUT2D eigenvalue weighted by Gasteiger charge is 2.13. The smallest absolute Gasteiger partial charge is 0.372 e. The first-order valence-corrected chi connectivity index (χ1v) is 5.13. The Morgan fingerprint density at radius 2 is 2.07 bits per heavy atom. The Bertz CT molecular complexity index is 375. The van der Waals surface area contributed by atoms with Gasteiger partial charge in [0.2, 0.25) is 0 Å². The molecule has 1 aromatic rings. The number of carbonyl (C=O) groups excluding carboxylic acids is 1. The predicted molar refractivity (Wildman–Crippen MR) is 56.3 cm³/mol. The monoisotopic (exact) mass is 226 g/mol. The van der Waals surface area contributed by atoms with Crippen molar-refractivity contribution in [2.24, 2.45) is 0 Å². The minimum absolute atomic E-state index is 0.107. The second kappa shape index (κ2) is 5.41. The number of ether oxygens (including phenoxy) is 1. The third-order valence-electron chi connectivity index (χ3n) is 1.57. The number of hydrogen-bond donors (Lipinski definition) is 1. The van der Waals surface area contributed by atoms with Gasteiger partial charge in [0, 0.05) is 4.90 Å². The standard InChI is InChI=1S/C10H10O4S/c1-2-14-10(13)15-8-6-4-3-5-7(8)9(11)12/h3-6H,2H2,1H3,(H,11,12). The normalized spacial score (nSPS) is 9.67. The lowest BCUT2D eigenvalue weighted by Gasteiger charge is -2.03. The van der Waals surface area contributed by atoms with Crippen molar-refractivity contribution in [1.29, 1.82) is 0 Å². The lowest BCUT2D eigenvalue weighted by molar-refractivity contribution is 0.0693. The Kier molecular flexibility index (Phi) is 4.17. The van der Waals surface area contributed by atoms with Crippen LogP contribution in [-0.2, 0) is 4.74 Å². The molecule has 1 rings (SSSR count). The molecule has 4 nitrogen and oxygen atoms in total. The van der Waals surface area contributed by atoms with Crippen LogP contribution in [0.5, 0.6) is 0 Å². The highest BCUT2D eigenvalue weighted by Crippen LogP contribution is 2.24. The highest BCUT2D eigenvalue weighted by atomic mass is 32.2. The molecule has 0 aliphatic carbocycles. The van der Waals surface area contributed by atoms with Crippen LogP contribution in [0.25, 0.3) is 0 Å². The van der Waals surface area contributed by atoms with Crippen molar-refractivity contribution in [1.82, 2.24) is 0 Å². The van der Waals surface area contributed by atoms with Crippen molar-refractivity contribution in [2.75, 3.05) is 6.61 Å². The van der Waals surface area contributed by atoms with Crippen molar-refractivity contribution in [3.05, 3.63) is 29.8 Å². The van der Waals surface area contributed by atoms with Gasteiger partial charge in [-0.15, -0.1) is 0 Å². The van der Waals surface area contributed by atoms with Crippen LogP contribution in [0, 0.1) is 0 Å². The Morgan fingerprint density at radius 3 is 2.67 bits per heavy atom. The van der Waals surface area contributed by atoms with Gasteiger partial charge in [0.15, 0.2) is 0 Å². The van der Waals surface area contributed by atoms with Crippen molar-refractivity contribution in [3.63, 3.8) is 0 Å². The molecule has 0 bridgehead atoms. The molecule has 0 saturated carbocycles. The van der Waals surface area contributed by atoms with Crippen LogP contribution in [0.3, 0.4) is 0 Å². The lowest BCUT2D eigenvalue weighted by Crippen LogP contribution is -2.01. The molecule has 0 atom stereocenters. The van der Waals surface area contributed by atoms with Crippen LogP contribution < -0.4 is 0 Å². The van der Waals surface area contributed by atoms with Gasteiger partial charge in [0.25, 0.3) is 0 Å². The molecule has 0 unspecified atom stereocenters. The van der Waals surface area contributed by atoms with E-state index < -0.39 is 11.3 Å². The van der Waals surface area contributed by atoms with Crippen LogP contribution >= 0.6 is 11.8 Å². The first kappa shape index (κ1) is 11.6. The molecule has 5 heteroatoms. The molecule has 0 heterocycles. The second-order valence-corrected chi connectivity index (χ2v) is 3.56. The molecule has 0 spiro atoms. The number of hydrogen-bond acceptors (Lipinski definition) is 4. The SMILES string of the molecule is CCOC(=O)Sc1ccccc1C(=O)O. The van der Waals surface area contributed by atoms with Gasteiger partial charge in [-0.1, -0.05) is 12.1 Å². The van der Waals surface area contributed by atoms with E-state index in [1.54, 1.807) is 25.1 Å². The van der Waals surface area contributed by atoms with E-state index in [0.29, 0.717) is 4.90 Å². The molecule has 0 amide bonds. The number of carboxylic acid groups (broad SMARTS) is 1. The van der Waals surface area contributed by atoms with Gasteiger partial charge in [-0.25, -0.2) is 9.59 Å². The fourth-order valence-corrected chi connectivity index (χ4v) is 1.74. The summed E-state index contributed by atoms with van der Waals surface area (Å²) in [6, 6.07) is 6.31. The van der Waals surface area contributed by atoms with Gasteiger partial charge in [-0.05, 0) is 30.8 Å². The van der Waals surface area contributed by atoms with E-state index in [2.05, 4.69) is 0 Å². The minimum atomic E-state index is -1.05. The molecule has 1 N–H and O–H groups in total. The predicted octanol–water partition coefficient (Wildman–Crippen LogP) is 2.63. The average Bonchev–Trinajstić information content (AvgIpc) is 2.18. The van der Waals surface area contributed by atoms with E-state index >= 15 is 0 Å². The number of thioether (sulfide) groups is 1. The van der Waals surface area contributed by atoms with Crippen molar-refractivity contribution in [2.45, 2.75) is 11.8 Å². The third kappa shape index (κ3) is 3.28. The molecule has 0 saturated heterocycles. The molecular weight excluding hydrogens is 216 g/mol. The zero-order chi connectivity index (χ0) is 11.3. The largest absolute Gasteiger partial charge is 0.478 e. The quantitative estimate of drug-likeness (QED) is 0.634. The summed E-state index contributed by atoms with van der Waals surface area (Å²) in [6.45, 7) is 1.97. The third-order valence-corrected chi connectivity index (χ3v) is 2.43. The second-order valence-electron chi connectivity index (χ2n) is 2.59. The Labute approximate surface area is 91.2 Å². The summed E-state index contributed by atoms with van der Waals surface area (Å²) in [5, 5.41) is 8.35. The Morgan fingerprint density at radius 1 is 1.40 bits per heavy atom. The molecule has 15 heavy (non-hydrogen) atoms. The molecule has 1 aromatic carbocycles. The molecule has 0 aliphatic heterocycles. The maximum Gasteiger partial charge on any atom is 0.372 e. The van der Waals surface area contributed by atoms with Gasteiger partial charge in [-0.2, -0.15) is 0 Å². The van der Waals surface area contributed by atoms with E-state index in [9.17, 15) is 9.59 Å². The summed E-state index contributed by atoms with van der Waals surface area (Å²) < 4.78 is 4.71. The highest BCUT2D eigenvalue weighted by molar-refractivity contribution is 8.13. The van der Waals surface area contributed by atoms with E-state index in [-0.39, 0.29) is 12.2 Å². The molecule has 0 radical (unpaired) electrons. The molecule has 0 fully saturated rings. The van der Waals surface area contributed by atoms with E-state index in [4.69, 9.17) is 9.84 Å². The molecule has 80 valence electrons. The average molecular weight is 226 g/mol. The first-order valence-electron chi connectivity index (χ1n) is 4.32. The van der Waals surface area contributed by atoms with Crippen molar-refractivity contribution in [3.8, 4) is 0 Å². The van der Waals surface area contributed by atoms with E-state index in [1.165, 1.54) is 6.07 Å². The summed E-state index contributed by atoms with van der Waals surface area (Å²) in [5.41, 5.74) is 0.107. The number of carbonyl (C=O) groups is 2. The molecular formula is C10H10O4S. The zero-order valence-electron chi connectivity index (χ0n) is 8.10. The van der Waals surface area contributed by atoms with Crippen LogP contribution in [-0.4, -0.2) is 23.0 Å². The van der Waals surface area contributed by atoms with Crippen LogP contribution in [0.2, 0.25) is 0 Å². The first-order chi connectivity index (χ1) is 7.15. The van der Waals surface area contributed by atoms with Crippen molar-refractivity contribution >= 4 is 23.0 Å². The Hall–Kier alpha value is -1.49. The molecule has 0 aromatic heterocycles. The van der Waals surface area contributed by atoms with Crippen molar-refractivity contribution < 1.29 is 19.4 Å². The van der Waals surface area contributed by atoms with Gasteiger partial charge in [0.05, 0.1) is 12.2 Å². The topological polar surface area (TPSA) is 63.6 Å². The summed E-state index contributed by atoms with van der Waals surface area (Å²) >= 11 is 0.781. The summed E-state index contributed by atoms with van der Waals surface area (Å²) in [4.78, 5) is 22.3. The minimum Gasteiger partial charge on any atom is -0.478 e. The van der Waals surface area contributed by atoms with E-state index in [0.717, 1.165) is 11.8 Å². The van der Waals surface area contributed by atoms with Crippen LogP contribution in [0.1, 0.15) is 17.3 Å². The maximum absolute atomic E-state index is 11.1. The number of benzene rings is 1. The van der Waals surface area contributed by atoms with Gasteiger partial charge in [-0.3, -0.25) is 0 Å². The lowest BCUT2D eigenvalue weighted by atomic mass is 10.2. The number of carboxylic acids is 1. The van der Waals surface area contributed by atoms with Gasteiger partial charge >= 0.3 is 11.3 Å².